The number of Topliss-reactive ketones (excluding diaryl/α,β-unsaturated/α-hetero) is 2. The van der Waals surface area contributed by atoms with Crippen LogP contribution in [0.1, 0.15) is 80.2 Å². The molecule has 2 aromatic rings. The second kappa shape index (κ2) is 16.7. The van der Waals surface area contributed by atoms with E-state index in [1.165, 1.54) is 6.92 Å². The van der Waals surface area contributed by atoms with E-state index in [0.29, 0.717) is 19.3 Å². The van der Waals surface area contributed by atoms with E-state index < -0.39 is 83.4 Å². The molecule has 3 aliphatic rings. The number of rotatable bonds is 8. The number of hydrogen-bond acceptors (Lipinski definition) is 12. The largest absolute Gasteiger partial charge is 0.458 e. The highest BCUT2D eigenvalue weighted by atomic mass is 16.7. The number of aliphatic hydroxyl groups excluding tert-OH is 1. The van der Waals surface area contributed by atoms with Crippen LogP contribution < -0.4 is 5.32 Å². The molecule has 13 nitrogen and oxygen atoms in total. The van der Waals surface area contributed by atoms with E-state index in [2.05, 4.69) is 16.4 Å². The number of aromatic nitrogens is 1. The number of aliphatic hydroxyl groups is 1. The number of benzene rings is 1. The minimum absolute atomic E-state index is 0.123. The Morgan fingerprint density at radius 2 is 1.70 bits per heavy atom. The molecule has 1 amide bonds. The molecule has 13 atom stereocenters. The van der Waals surface area contributed by atoms with Crippen LogP contribution in [0.3, 0.4) is 0 Å². The third kappa shape index (κ3) is 8.65. The van der Waals surface area contributed by atoms with E-state index in [1.54, 1.807) is 34.6 Å². The molecule has 2 N–H and O–H groups in total. The van der Waals surface area contributed by atoms with Crippen LogP contribution in [0.25, 0.3) is 10.9 Å². The van der Waals surface area contributed by atoms with Crippen LogP contribution in [0.5, 0.6) is 0 Å². The fourth-order valence-corrected chi connectivity index (χ4v) is 8.58. The summed E-state index contributed by atoms with van der Waals surface area (Å²) in [4.78, 5) is 61.5. The number of cyclic esters (lactones) is 1. The molecule has 0 radical (unpaired) electrons. The first-order chi connectivity index (χ1) is 25.4. The van der Waals surface area contributed by atoms with Crippen molar-refractivity contribution in [1.82, 2.24) is 15.2 Å². The van der Waals surface area contributed by atoms with Crippen molar-refractivity contribution in [3.63, 3.8) is 0 Å². The number of likely N-dealkylation sites (N-methyl/N-ethyl adjacent to an activating group) is 1. The summed E-state index contributed by atoms with van der Waals surface area (Å²) < 4.78 is 31.2. The van der Waals surface area contributed by atoms with Crippen LogP contribution in [0.2, 0.25) is 0 Å². The Bertz CT molecular complexity index is 1690. The minimum atomic E-state index is -1.38. The van der Waals surface area contributed by atoms with Crippen molar-refractivity contribution in [3.8, 4) is 0 Å². The van der Waals surface area contributed by atoms with Gasteiger partial charge in [-0.3, -0.25) is 19.4 Å². The number of pyridine rings is 1. The summed E-state index contributed by atoms with van der Waals surface area (Å²) in [6.07, 6.45) is -1.45. The van der Waals surface area contributed by atoms with Gasteiger partial charge in [-0.1, -0.05) is 39.0 Å². The maximum absolute atomic E-state index is 14.4. The molecular weight excluding hydrogens is 694 g/mol. The Morgan fingerprint density at radius 1 is 1.00 bits per heavy atom. The molecule has 5 rings (SSSR count). The van der Waals surface area contributed by atoms with Crippen LogP contribution in [-0.2, 0) is 44.5 Å². The van der Waals surface area contributed by atoms with Crippen LogP contribution in [0.4, 0.5) is 4.79 Å². The quantitative estimate of drug-likeness (QED) is 0.219. The SMILES string of the molecule is C[C@H]1C(=O)O[C@H](C)[C@@]2(C)OC(=O)N[C@@H]2[C@@H](C)C(=O)[C@H](C)C[C@](C)(OCCCc2cnc3ccccc3c2)[C@H](O[C@@H]2O[C@H](C)C[C@H](N(C)C)[C@H]2O)[C@@H](C)C1=O. The van der Waals surface area contributed by atoms with E-state index in [-0.39, 0.29) is 31.0 Å². The van der Waals surface area contributed by atoms with E-state index in [0.717, 1.165) is 16.5 Å². The number of aryl methyl sites for hydroxylation is 1. The van der Waals surface area contributed by atoms with E-state index >= 15 is 0 Å². The van der Waals surface area contributed by atoms with Gasteiger partial charge in [-0.15, -0.1) is 0 Å². The summed E-state index contributed by atoms with van der Waals surface area (Å²) >= 11 is 0. The maximum atomic E-state index is 14.4. The predicted molar refractivity (Wildman–Crippen MR) is 200 cm³/mol. The molecule has 0 aliphatic carbocycles. The summed E-state index contributed by atoms with van der Waals surface area (Å²) in [5.41, 5.74) is -0.735. The molecule has 3 aliphatic heterocycles. The molecule has 4 heterocycles. The van der Waals surface area contributed by atoms with E-state index in [4.69, 9.17) is 23.7 Å². The molecule has 3 saturated heterocycles. The van der Waals surface area contributed by atoms with Gasteiger partial charge in [0, 0.05) is 42.0 Å². The average molecular weight is 754 g/mol. The fourth-order valence-electron chi connectivity index (χ4n) is 8.58. The third-order valence-corrected chi connectivity index (χ3v) is 12.0. The number of hydrogen-bond donors (Lipinski definition) is 2. The van der Waals surface area contributed by atoms with Gasteiger partial charge in [-0.2, -0.15) is 0 Å². The first kappa shape index (κ1) is 41.7. The molecule has 54 heavy (non-hydrogen) atoms. The van der Waals surface area contributed by atoms with Crippen LogP contribution >= 0.6 is 0 Å². The molecular formula is C41H59N3O10. The number of amides is 1. The van der Waals surface area contributed by atoms with Gasteiger partial charge in [0.2, 0.25) is 0 Å². The number of nitrogens with one attached hydrogen (secondary N) is 1. The zero-order valence-electron chi connectivity index (χ0n) is 33.4. The molecule has 298 valence electrons. The smallest absolute Gasteiger partial charge is 0.408 e. The highest BCUT2D eigenvalue weighted by Gasteiger charge is 2.56. The number of nitrogens with zero attached hydrogens (tertiary/aromatic N) is 2. The Morgan fingerprint density at radius 3 is 2.41 bits per heavy atom. The standard InChI is InChI=1S/C41H59N3O10/c1-22-20-40(7,50-17-13-14-28-19-29-15-11-12-16-30(29)42-21-28)36(53-38-34(47)31(44(9)10)18-23(2)51-38)25(4)33(46)26(5)37(48)52-27(6)41(8)35(24(3)32(22)45)43-39(49)54-41/h11-12,15-16,19,21-27,31,34-36,38,47H,13-14,17-18,20H2,1-10H3,(H,43,49)/t22-,23-,24+,25+,26-,27-,31+,34-,35-,36-,38+,40+,41-/m1/s1. The molecule has 1 aromatic heterocycles. The van der Waals surface area contributed by atoms with Gasteiger partial charge in [0.25, 0.3) is 0 Å². The summed E-state index contributed by atoms with van der Waals surface area (Å²) in [5.74, 6) is -5.03. The molecule has 0 spiro atoms. The molecule has 0 unspecified atom stereocenters. The van der Waals surface area contributed by atoms with Crippen molar-refractivity contribution in [2.75, 3.05) is 20.7 Å². The lowest BCUT2D eigenvalue weighted by Crippen LogP contribution is -2.60. The number of ketones is 2. The lowest BCUT2D eigenvalue weighted by molar-refractivity contribution is -0.297. The summed E-state index contributed by atoms with van der Waals surface area (Å²) in [7, 11) is 3.75. The van der Waals surface area contributed by atoms with Crippen molar-refractivity contribution in [2.24, 2.45) is 23.7 Å². The summed E-state index contributed by atoms with van der Waals surface area (Å²) in [6.45, 7) is 13.9. The number of alkyl carbamates (subject to hydrolysis) is 1. The summed E-state index contributed by atoms with van der Waals surface area (Å²) in [5, 5.41) is 15.4. The molecule has 0 bridgehead atoms. The first-order valence-corrected chi connectivity index (χ1v) is 19.3. The minimum Gasteiger partial charge on any atom is -0.458 e. The van der Waals surface area contributed by atoms with Crippen LogP contribution in [0.15, 0.2) is 36.5 Å². The zero-order valence-corrected chi connectivity index (χ0v) is 33.4. The molecule has 3 fully saturated rings. The van der Waals surface area contributed by atoms with Crippen LogP contribution in [-0.4, -0.2) is 113 Å². The van der Waals surface area contributed by atoms with Gasteiger partial charge in [-0.05, 0) is 92.1 Å². The lowest BCUT2D eigenvalue weighted by atomic mass is 9.74. The topological polar surface area (TPSA) is 163 Å². The zero-order chi connectivity index (χ0) is 39.7. The van der Waals surface area contributed by atoms with Crippen molar-refractivity contribution in [1.29, 1.82) is 0 Å². The van der Waals surface area contributed by atoms with Crippen molar-refractivity contribution in [2.45, 2.75) is 135 Å². The normalized spacial score (nSPS) is 38.4. The van der Waals surface area contributed by atoms with Gasteiger partial charge < -0.3 is 39.0 Å². The molecule has 13 heteroatoms. The fraction of sp³-hybridized carbons (Fsp3) is 0.683. The summed E-state index contributed by atoms with van der Waals surface area (Å²) in [6, 6.07) is 8.90. The van der Waals surface area contributed by atoms with Crippen molar-refractivity contribution >= 4 is 34.5 Å². The monoisotopic (exact) mass is 753 g/mol. The number of ether oxygens (including phenoxy) is 5. The number of esters is 1. The average Bonchev–Trinajstić information content (AvgIpc) is 3.45. The van der Waals surface area contributed by atoms with Gasteiger partial charge in [0.15, 0.2) is 17.7 Å². The predicted octanol–water partition coefficient (Wildman–Crippen LogP) is 4.64. The van der Waals surface area contributed by atoms with Crippen molar-refractivity contribution < 1.29 is 48.0 Å². The van der Waals surface area contributed by atoms with Gasteiger partial charge in [0.1, 0.15) is 23.9 Å². The number of carbonyl (C=O) groups is 4. The van der Waals surface area contributed by atoms with Gasteiger partial charge in [-0.25, -0.2) is 4.79 Å². The Labute approximate surface area is 318 Å². The Kier molecular flexibility index (Phi) is 12.9. The highest BCUT2D eigenvalue weighted by Crippen LogP contribution is 2.40. The number of carbonyl (C=O) groups excluding carboxylic acids is 4. The van der Waals surface area contributed by atoms with Crippen molar-refractivity contribution in [3.05, 3.63) is 42.1 Å². The molecule has 1 aromatic carbocycles. The highest BCUT2D eigenvalue weighted by molar-refractivity contribution is 6.00. The van der Waals surface area contributed by atoms with E-state index in [9.17, 15) is 24.3 Å². The van der Waals surface area contributed by atoms with Gasteiger partial charge in [0.05, 0.1) is 29.4 Å². The number of para-hydroxylation sites is 1. The first-order valence-electron chi connectivity index (χ1n) is 19.3. The maximum Gasteiger partial charge on any atom is 0.408 e. The Balaban J connectivity index is 1.51. The lowest BCUT2D eigenvalue weighted by Gasteiger charge is -2.47. The Hall–Kier alpha value is -3.49. The number of fused-ring (bicyclic) bond motifs is 2. The third-order valence-electron chi connectivity index (χ3n) is 12.0. The van der Waals surface area contributed by atoms with Gasteiger partial charge >= 0.3 is 12.1 Å². The second-order valence-corrected chi connectivity index (χ2v) is 16.4. The van der Waals surface area contributed by atoms with Crippen LogP contribution in [0, 0.1) is 23.7 Å². The second-order valence-electron chi connectivity index (χ2n) is 16.4. The molecule has 0 saturated carbocycles. The van der Waals surface area contributed by atoms with E-state index in [1.807, 2.05) is 63.3 Å².